The lowest BCUT2D eigenvalue weighted by Gasteiger charge is -2.00. The third kappa shape index (κ3) is 2.59. The summed E-state index contributed by atoms with van der Waals surface area (Å²) in [5.74, 6) is -0.329. The molecule has 0 bridgehead atoms. The molecule has 1 amide bonds. The molecule has 6 heteroatoms. The largest absolute Gasteiger partial charge is 0.329 e. The van der Waals surface area contributed by atoms with Gasteiger partial charge in [-0.15, -0.1) is 11.3 Å². The van der Waals surface area contributed by atoms with Crippen molar-refractivity contribution in [2.75, 3.05) is 5.32 Å². The molecule has 17 heavy (non-hydrogen) atoms. The van der Waals surface area contributed by atoms with Gasteiger partial charge in [-0.2, -0.15) is 0 Å². The number of carbonyl (C=O) groups excluding carboxylic acids is 1. The van der Waals surface area contributed by atoms with Gasteiger partial charge >= 0.3 is 0 Å². The minimum atomic E-state index is -0.329. The van der Waals surface area contributed by atoms with Crippen LogP contribution in [0.15, 0.2) is 23.1 Å². The maximum absolute atomic E-state index is 11.8. The van der Waals surface area contributed by atoms with E-state index in [1.165, 1.54) is 23.6 Å². The third-order valence-electron chi connectivity index (χ3n) is 2.29. The van der Waals surface area contributed by atoms with Gasteiger partial charge in [-0.1, -0.05) is 0 Å². The molecule has 0 saturated carbocycles. The molecule has 0 spiro atoms. The predicted octanol–water partition coefficient (Wildman–Crippen LogP) is 1.70. The van der Waals surface area contributed by atoms with Crippen molar-refractivity contribution in [2.45, 2.75) is 13.8 Å². The number of aromatic amines is 1. The fourth-order valence-corrected chi connectivity index (χ4v) is 2.09. The van der Waals surface area contributed by atoms with Crippen LogP contribution in [0.25, 0.3) is 0 Å². The lowest BCUT2D eigenvalue weighted by atomic mass is 10.2. The first kappa shape index (κ1) is 11.5. The molecule has 0 aliphatic heterocycles. The van der Waals surface area contributed by atoms with Crippen LogP contribution in [-0.2, 0) is 0 Å². The number of anilines is 1. The van der Waals surface area contributed by atoms with Crippen LogP contribution in [0.2, 0.25) is 0 Å². The molecule has 0 fully saturated rings. The van der Waals surface area contributed by atoms with Gasteiger partial charge in [-0.25, -0.2) is 4.98 Å². The second-order valence-electron chi connectivity index (χ2n) is 3.56. The molecule has 0 aliphatic rings. The highest BCUT2D eigenvalue weighted by atomic mass is 32.1. The van der Waals surface area contributed by atoms with Crippen LogP contribution in [0.5, 0.6) is 0 Å². The van der Waals surface area contributed by atoms with Crippen molar-refractivity contribution in [2.24, 2.45) is 0 Å². The monoisotopic (exact) mass is 249 g/mol. The molecule has 0 atom stereocenters. The number of hydrogen-bond acceptors (Lipinski definition) is 4. The average Bonchev–Trinajstić information content (AvgIpc) is 2.58. The van der Waals surface area contributed by atoms with Gasteiger partial charge in [-0.05, 0) is 19.9 Å². The molecule has 0 aliphatic carbocycles. The minimum absolute atomic E-state index is 0.302. The number of nitrogens with zero attached hydrogens (tertiary/aromatic N) is 1. The van der Waals surface area contributed by atoms with Crippen LogP contribution < -0.4 is 10.9 Å². The van der Waals surface area contributed by atoms with Gasteiger partial charge in [0.25, 0.3) is 5.91 Å². The topological polar surface area (TPSA) is 74.8 Å². The molecular weight excluding hydrogens is 238 g/mol. The predicted molar refractivity (Wildman–Crippen MR) is 66.6 cm³/mol. The fourth-order valence-electron chi connectivity index (χ4n) is 1.28. The first-order chi connectivity index (χ1) is 8.06. The van der Waals surface area contributed by atoms with E-state index in [0.29, 0.717) is 10.7 Å². The van der Waals surface area contributed by atoms with Gasteiger partial charge in [0.2, 0.25) is 5.56 Å². The zero-order chi connectivity index (χ0) is 12.4. The van der Waals surface area contributed by atoms with E-state index in [1.807, 2.05) is 13.8 Å². The Kier molecular flexibility index (Phi) is 3.06. The second-order valence-corrected chi connectivity index (χ2v) is 4.76. The van der Waals surface area contributed by atoms with E-state index in [2.05, 4.69) is 15.3 Å². The van der Waals surface area contributed by atoms with Crippen molar-refractivity contribution in [3.63, 3.8) is 0 Å². The number of aryl methyl sites for hydroxylation is 2. The van der Waals surface area contributed by atoms with E-state index in [0.717, 1.165) is 10.6 Å². The third-order valence-corrected chi connectivity index (χ3v) is 3.27. The smallest absolute Gasteiger partial charge is 0.257 e. The Morgan fingerprint density at radius 1 is 1.47 bits per heavy atom. The fraction of sp³-hybridized carbons (Fsp3) is 0.182. The Hall–Kier alpha value is -1.95. The van der Waals surface area contributed by atoms with E-state index in [4.69, 9.17) is 0 Å². The van der Waals surface area contributed by atoms with Gasteiger partial charge < -0.3 is 4.98 Å². The SMILES string of the molecule is Cc1nc(NC(=O)c2cc[nH]c(=O)c2)sc1C. The lowest BCUT2D eigenvalue weighted by molar-refractivity contribution is 0.102. The van der Waals surface area contributed by atoms with E-state index >= 15 is 0 Å². The maximum Gasteiger partial charge on any atom is 0.257 e. The van der Waals surface area contributed by atoms with Crippen molar-refractivity contribution < 1.29 is 4.79 Å². The summed E-state index contributed by atoms with van der Waals surface area (Å²) in [6.45, 7) is 3.82. The summed E-state index contributed by atoms with van der Waals surface area (Å²) in [6.07, 6.45) is 1.44. The van der Waals surface area contributed by atoms with Crippen molar-refractivity contribution in [1.82, 2.24) is 9.97 Å². The zero-order valence-corrected chi connectivity index (χ0v) is 10.2. The Labute approximate surface area is 102 Å². The number of amides is 1. The summed E-state index contributed by atoms with van der Waals surface area (Å²) < 4.78 is 0. The molecule has 0 saturated heterocycles. The highest BCUT2D eigenvalue weighted by molar-refractivity contribution is 7.15. The second kappa shape index (κ2) is 4.50. The summed E-state index contributed by atoms with van der Waals surface area (Å²) >= 11 is 1.41. The minimum Gasteiger partial charge on any atom is -0.329 e. The number of H-pyrrole nitrogens is 1. The Bertz CT molecular complexity index is 596. The van der Waals surface area contributed by atoms with Crippen LogP contribution in [0, 0.1) is 13.8 Å². The van der Waals surface area contributed by atoms with E-state index < -0.39 is 0 Å². The van der Waals surface area contributed by atoms with Crippen molar-refractivity contribution in [1.29, 1.82) is 0 Å². The van der Waals surface area contributed by atoms with Crippen LogP contribution in [0.4, 0.5) is 5.13 Å². The summed E-state index contributed by atoms with van der Waals surface area (Å²) in [6, 6.07) is 2.80. The molecule has 2 aromatic heterocycles. The Morgan fingerprint density at radius 2 is 2.24 bits per heavy atom. The van der Waals surface area contributed by atoms with Gasteiger partial charge in [0.15, 0.2) is 5.13 Å². The highest BCUT2D eigenvalue weighted by Gasteiger charge is 2.10. The van der Waals surface area contributed by atoms with Gasteiger partial charge in [0.05, 0.1) is 5.69 Å². The summed E-state index contributed by atoms with van der Waals surface area (Å²) in [7, 11) is 0. The highest BCUT2D eigenvalue weighted by Crippen LogP contribution is 2.21. The van der Waals surface area contributed by atoms with Gasteiger partial charge in [0, 0.05) is 22.7 Å². The molecular formula is C11H11N3O2S. The normalized spacial score (nSPS) is 10.2. The molecule has 88 valence electrons. The number of thiazole rings is 1. The molecule has 2 rings (SSSR count). The Morgan fingerprint density at radius 3 is 2.82 bits per heavy atom. The molecule has 2 heterocycles. The van der Waals surface area contributed by atoms with Crippen LogP contribution >= 0.6 is 11.3 Å². The number of rotatable bonds is 2. The molecule has 0 aromatic carbocycles. The summed E-state index contributed by atoms with van der Waals surface area (Å²) in [5.41, 5.74) is 0.916. The number of carbonyl (C=O) groups is 1. The van der Waals surface area contributed by atoms with Gasteiger partial charge in [0.1, 0.15) is 0 Å². The molecule has 5 nitrogen and oxygen atoms in total. The van der Waals surface area contributed by atoms with Crippen molar-refractivity contribution in [3.8, 4) is 0 Å². The first-order valence-corrected chi connectivity index (χ1v) is 5.82. The molecule has 2 aromatic rings. The number of aromatic nitrogens is 2. The van der Waals surface area contributed by atoms with Crippen LogP contribution in [-0.4, -0.2) is 15.9 Å². The van der Waals surface area contributed by atoms with Crippen LogP contribution in [0.1, 0.15) is 20.9 Å². The summed E-state index contributed by atoms with van der Waals surface area (Å²) in [4.78, 5) is 30.6. The number of hydrogen-bond donors (Lipinski definition) is 2. The molecule has 0 unspecified atom stereocenters. The zero-order valence-electron chi connectivity index (χ0n) is 9.40. The molecule has 2 N–H and O–H groups in total. The standard InChI is InChI=1S/C11H11N3O2S/c1-6-7(2)17-11(13-6)14-10(16)8-3-4-12-9(15)5-8/h3-5H,1-2H3,(H,12,15)(H,13,14,16). The van der Waals surface area contributed by atoms with E-state index in [9.17, 15) is 9.59 Å². The van der Waals surface area contributed by atoms with Crippen molar-refractivity contribution >= 4 is 22.4 Å². The lowest BCUT2D eigenvalue weighted by Crippen LogP contribution is -2.15. The first-order valence-electron chi connectivity index (χ1n) is 5.00. The number of pyridine rings is 1. The number of nitrogens with one attached hydrogen (secondary N) is 2. The maximum atomic E-state index is 11.8. The average molecular weight is 249 g/mol. The quantitative estimate of drug-likeness (QED) is 0.850. The Balaban J connectivity index is 2.20. The van der Waals surface area contributed by atoms with Crippen molar-refractivity contribution in [3.05, 3.63) is 44.8 Å². The molecule has 0 radical (unpaired) electrons. The van der Waals surface area contributed by atoms with Crippen LogP contribution in [0.3, 0.4) is 0 Å². The van der Waals surface area contributed by atoms with E-state index in [1.54, 1.807) is 6.07 Å². The summed E-state index contributed by atoms with van der Waals surface area (Å²) in [5, 5.41) is 3.21. The van der Waals surface area contributed by atoms with Gasteiger partial charge in [-0.3, -0.25) is 14.9 Å². The van der Waals surface area contributed by atoms with E-state index in [-0.39, 0.29) is 11.5 Å².